The molecule has 0 aromatic carbocycles. The highest BCUT2D eigenvalue weighted by molar-refractivity contribution is 5.85. The normalized spacial score (nSPS) is 30.8. The fraction of sp³-hybridized carbons (Fsp3) is 1.00. The summed E-state index contributed by atoms with van der Waals surface area (Å²) in [5, 5.41) is 3.54. The van der Waals surface area contributed by atoms with Crippen LogP contribution in [0, 0.1) is 17.8 Å². The molecule has 3 heteroatoms. The molecule has 2 rings (SSSR count). The van der Waals surface area contributed by atoms with Gasteiger partial charge in [-0.1, -0.05) is 13.8 Å². The van der Waals surface area contributed by atoms with E-state index < -0.39 is 0 Å². The molecule has 1 N–H and O–H groups in total. The predicted octanol–water partition coefficient (Wildman–Crippen LogP) is 3.17. The van der Waals surface area contributed by atoms with Gasteiger partial charge in [0.2, 0.25) is 0 Å². The average Bonchev–Trinajstić information content (AvgIpc) is 2.56. The van der Waals surface area contributed by atoms with Crippen LogP contribution in [-0.2, 0) is 0 Å². The Morgan fingerprint density at radius 3 is 2.61 bits per heavy atom. The number of hydrogen-bond acceptors (Lipinski definition) is 2. The smallest absolute Gasteiger partial charge is 0.00218 e. The average molecular weight is 275 g/mol. The van der Waals surface area contributed by atoms with Crippen molar-refractivity contribution < 1.29 is 0 Å². The lowest BCUT2D eigenvalue weighted by Gasteiger charge is -2.29. The maximum absolute atomic E-state index is 3.54. The summed E-state index contributed by atoms with van der Waals surface area (Å²) >= 11 is 0. The first kappa shape index (κ1) is 16.3. The molecule has 0 saturated carbocycles. The van der Waals surface area contributed by atoms with Crippen molar-refractivity contribution in [2.45, 2.75) is 46.0 Å². The Hall–Kier alpha value is 0.210. The van der Waals surface area contributed by atoms with Crippen LogP contribution in [-0.4, -0.2) is 37.6 Å². The van der Waals surface area contributed by atoms with Crippen molar-refractivity contribution in [1.29, 1.82) is 0 Å². The molecule has 0 aromatic rings. The van der Waals surface area contributed by atoms with Crippen molar-refractivity contribution in [1.82, 2.24) is 10.2 Å². The molecule has 2 nitrogen and oxygen atoms in total. The van der Waals surface area contributed by atoms with Gasteiger partial charge in [0.15, 0.2) is 0 Å². The monoisotopic (exact) mass is 274 g/mol. The quantitative estimate of drug-likeness (QED) is 0.851. The van der Waals surface area contributed by atoms with Gasteiger partial charge >= 0.3 is 0 Å². The SMILES string of the molecule is CC(C)C1CCCN(CC2CCCNC2)CC1.Cl. The molecule has 2 aliphatic heterocycles. The zero-order valence-electron chi connectivity index (χ0n) is 12.2. The van der Waals surface area contributed by atoms with E-state index in [0.717, 1.165) is 17.8 Å². The number of likely N-dealkylation sites (tertiary alicyclic amines) is 1. The molecule has 0 aliphatic carbocycles. The molecule has 2 heterocycles. The number of nitrogens with zero attached hydrogens (tertiary/aromatic N) is 1. The van der Waals surface area contributed by atoms with E-state index in [2.05, 4.69) is 24.1 Å². The van der Waals surface area contributed by atoms with Crippen molar-refractivity contribution in [2.75, 3.05) is 32.7 Å². The van der Waals surface area contributed by atoms with Gasteiger partial charge < -0.3 is 10.2 Å². The van der Waals surface area contributed by atoms with E-state index in [-0.39, 0.29) is 12.4 Å². The zero-order valence-corrected chi connectivity index (χ0v) is 13.0. The summed E-state index contributed by atoms with van der Waals surface area (Å²) in [6.45, 7) is 11.3. The van der Waals surface area contributed by atoms with Gasteiger partial charge in [0.25, 0.3) is 0 Å². The molecule has 2 aliphatic rings. The molecule has 2 saturated heterocycles. The Labute approximate surface area is 119 Å². The highest BCUT2D eigenvalue weighted by atomic mass is 35.5. The van der Waals surface area contributed by atoms with Crippen LogP contribution >= 0.6 is 12.4 Å². The molecular weight excluding hydrogens is 244 g/mol. The molecule has 2 fully saturated rings. The zero-order chi connectivity index (χ0) is 12.1. The fourth-order valence-electron chi connectivity index (χ4n) is 3.48. The minimum absolute atomic E-state index is 0. The van der Waals surface area contributed by atoms with Gasteiger partial charge in [0, 0.05) is 6.54 Å². The first-order chi connectivity index (χ1) is 8.25. The third-order valence-electron chi connectivity index (χ3n) is 4.72. The Bertz CT molecular complexity index is 215. The number of halogens is 1. The van der Waals surface area contributed by atoms with Crippen LogP contribution in [0.4, 0.5) is 0 Å². The highest BCUT2D eigenvalue weighted by Gasteiger charge is 2.22. The van der Waals surface area contributed by atoms with Crippen molar-refractivity contribution in [3.8, 4) is 0 Å². The predicted molar refractivity (Wildman–Crippen MR) is 81.5 cm³/mol. The minimum Gasteiger partial charge on any atom is -0.316 e. The molecule has 108 valence electrons. The second-order valence-electron chi connectivity index (χ2n) is 6.45. The lowest BCUT2D eigenvalue weighted by atomic mass is 9.89. The summed E-state index contributed by atoms with van der Waals surface area (Å²) in [6, 6.07) is 0. The summed E-state index contributed by atoms with van der Waals surface area (Å²) in [4.78, 5) is 2.74. The first-order valence-corrected chi connectivity index (χ1v) is 7.69. The number of piperidine rings is 1. The summed E-state index contributed by atoms with van der Waals surface area (Å²) in [5.41, 5.74) is 0. The van der Waals surface area contributed by atoms with Crippen LogP contribution < -0.4 is 5.32 Å². The van der Waals surface area contributed by atoms with E-state index in [9.17, 15) is 0 Å². The van der Waals surface area contributed by atoms with Crippen molar-refractivity contribution in [3.63, 3.8) is 0 Å². The minimum atomic E-state index is 0. The molecule has 2 atom stereocenters. The lowest BCUT2D eigenvalue weighted by Crippen LogP contribution is -2.38. The molecule has 0 radical (unpaired) electrons. The van der Waals surface area contributed by atoms with Crippen LogP contribution in [0.2, 0.25) is 0 Å². The number of hydrogen-bond donors (Lipinski definition) is 1. The summed E-state index contributed by atoms with van der Waals surface area (Å²) < 4.78 is 0. The van der Waals surface area contributed by atoms with E-state index in [0.29, 0.717) is 0 Å². The van der Waals surface area contributed by atoms with Gasteiger partial charge in [0.1, 0.15) is 0 Å². The van der Waals surface area contributed by atoms with Crippen LogP contribution in [0.15, 0.2) is 0 Å². The standard InChI is InChI=1S/C15H30N2.ClH/c1-13(2)15-6-4-9-17(10-7-15)12-14-5-3-8-16-11-14;/h13-16H,3-12H2,1-2H3;1H. The second kappa shape index (κ2) is 8.39. The van der Waals surface area contributed by atoms with Gasteiger partial charge in [-0.25, -0.2) is 0 Å². The molecule has 2 unspecified atom stereocenters. The van der Waals surface area contributed by atoms with Gasteiger partial charge in [-0.15, -0.1) is 12.4 Å². The molecular formula is C15H31ClN2. The topological polar surface area (TPSA) is 15.3 Å². The van der Waals surface area contributed by atoms with Gasteiger partial charge in [-0.3, -0.25) is 0 Å². The Morgan fingerprint density at radius 2 is 1.94 bits per heavy atom. The van der Waals surface area contributed by atoms with Crippen LogP contribution in [0.5, 0.6) is 0 Å². The summed E-state index contributed by atoms with van der Waals surface area (Å²) in [5.74, 6) is 2.77. The van der Waals surface area contributed by atoms with Crippen molar-refractivity contribution in [2.24, 2.45) is 17.8 Å². The van der Waals surface area contributed by atoms with Crippen molar-refractivity contribution >= 4 is 12.4 Å². The van der Waals surface area contributed by atoms with Gasteiger partial charge in [-0.05, 0) is 76.0 Å². The van der Waals surface area contributed by atoms with E-state index in [1.54, 1.807) is 0 Å². The Morgan fingerprint density at radius 1 is 1.11 bits per heavy atom. The Kier molecular flexibility index (Phi) is 7.59. The highest BCUT2D eigenvalue weighted by Crippen LogP contribution is 2.25. The fourth-order valence-corrected chi connectivity index (χ4v) is 3.48. The molecule has 18 heavy (non-hydrogen) atoms. The molecule has 0 bridgehead atoms. The first-order valence-electron chi connectivity index (χ1n) is 7.69. The van der Waals surface area contributed by atoms with E-state index in [1.165, 1.54) is 64.8 Å². The largest absolute Gasteiger partial charge is 0.316 e. The molecule has 0 spiro atoms. The van der Waals surface area contributed by atoms with E-state index >= 15 is 0 Å². The summed E-state index contributed by atoms with van der Waals surface area (Å²) in [7, 11) is 0. The van der Waals surface area contributed by atoms with Crippen molar-refractivity contribution in [3.05, 3.63) is 0 Å². The Balaban J connectivity index is 0.00000162. The van der Waals surface area contributed by atoms with Crippen LogP contribution in [0.3, 0.4) is 0 Å². The lowest BCUT2D eigenvalue weighted by molar-refractivity contribution is 0.209. The maximum Gasteiger partial charge on any atom is 0.00218 e. The molecule has 0 amide bonds. The van der Waals surface area contributed by atoms with Gasteiger partial charge in [-0.2, -0.15) is 0 Å². The molecule has 0 aromatic heterocycles. The maximum atomic E-state index is 3.54. The third kappa shape index (κ3) is 5.07. The van der Waals surface area contributed by atoms with Crippen LogP contribution in [0.1, 0.15) is 46.0 Å². The van der Waals surface area contributed by atoms with E-state index in [4.69, 9.17) is 0 Å². The van der Waals surface area contributed by atoms with Gasteiger partial charge in [0.05, 0.1) is 0 Å². The second-order valence-corrected chi connectivity index (χ2v) is 6.45. The van der Waals surface area contributed by atoms with Crippen LogP contribution in [0.25, 0.3) is 0 Å². The summed E-state index contributed by atoms with van der Waals surface area (Å²) in [6.07, 6.45) is 7.13. The number of rotatable bonds is 3. The number of nitrogens with one attached hydrogen (secondary N) is 1. The third-order valence-corrected chi connectivity index (χ3v) is 4.72. The van der Waals surface area contributed by atoms with E-state index in [1.807, 2.05) is 0 Å².